The predicted octanol–water partition coefficient (Wildman–Crippen LogP) is 2.49. The summed E-state index contributed by atoms with van der Waals surface area (Å²) >= 11 is 0. The molecule has 0 radical (unpaired) electrons. The summed E-state index contributed by atoms with van der Waals surface area (Å²) in [5.41, 5.74) is 8.16. The van der Waals surface area contributed by atoms with Crippen LogP contribution in [0, 0.1) is 12.8 Å². The monoisotopic (exact) mass is 320 g/mol. The Bertz CT molecular complexity index is 559. The lowest BCUT2D eigenvalue weighted by Gasteiger charge is -2.29. The highest BCUT2D eigenvalue weighted by Gasteiger charge is 2.27. The molecule has 1 fully saturated rings. The molecule has 0 aromatic heterocycles. The van der Waals surface area contributed by atoms with Gasteiger partial charge in [0, 0.05) is 25.6 Å². The first-order valence-electron chi connectivity index (χ1n) is 8.18. The molecule has 23 heavy (non-hydrogen) atoms. The zero-order valence-corrected chi connectivity index (χ0v) is 14.6. The van der Waals surface area contributed by atoms with E-state index in [2.05, 4.69) is 0 Å². The summed E-state index contributed by atoms with van der Waals surface area (Å²) in [5, 5.41) is 0. The molecular weight excluding hydrogens is 292 g/mol. The number of aryl methyl sites for hydroxylation is 1. The van der Waals surface area contributed by atoms with Crippen molar-refractivity contribution in [1.29, 1.82) is 0 Å². The Morgan fingerprint density at radius 2 is 1.91 bits per heavy atom. The molecule has 5 heteroatoms. The van der Waals surface area contributed by atoms with E-state index >= 15 is 0 Å². The number of nitrogens with two attached hydrogens (primary N) is 1. The van der Waals surface area contributed by atoms with E-state index in [0.717, 1.165) is 36.8 Å². The van der Waals surface area contributed by atoms with Gasteiger partial charge in [-0.15, -0.1) is 0 Å². The van der Waals surface area contributed by atoms with E-state index in [1.807, 2.05) is 26.1 Å². The first-order valence-corrected chi connectivity index (χ1v) is 8.18. The number of carbonyl (C=O) groups excluding carboxylic acids is 1. The van der Waals surface area contributed by atoms with Crippen LogP contribution < -0.4 is 15.2 Å². The molecular formula is C18H28N2O3. The highest BCUT2D eigenvalue weighted by molar-refractivity contribution is 5.78. The highest BCUT2D eigenvalue weighted by atomic mass is 16.5. The smallest absolute Gasteiger partial charge is 0.225 e. The van der Waals surface area contributed by atoms with Gasteiger partial charge in [0.1, 0.15) is 0 Å². The fraction of sp³-hybridized carbons (Fsp3) is 0.611. The summed E-state index contributed by atoms with van der Waals surface area (Å²) in [5.74, 6) is 1.65. The minimum atomic E-state index is 0.0594. The van der Waals surface area contributed by atoms with Crippen molar-refractivity contribution in [3.8, 4) is 11.5 Å². The van der Waals surface area contributed by atoms with E-state index in [1.165, 1.54) is 0 Å². The number of rotatable bonds is 5. The second kappa shape index (κ2) is 7.68. The molecule has 2 atom stereocenters. The third-order valence-electron chi connectivity index (χ3n) is 4.69. The standard InChI is InChI=1S/C18H28N2O3/c1-12-8-16(22-3)17(23-4)10-14(12)11-20(2)18(21)13-6-5-7-15(19)9-13/h8,10,13,15H,5-7,9,11,19H2,1-4H3/t13-,15-/m0/s1. The van der Waals surface area contributed by atoms with Gasteiger partial charge >= 0.3 is 0 Å². The fourth-order valence-electron chi connectivity index (χ4n) is 3.29. The molecule has 2 rings (SSSR count). The maximum absolute atomic E-state index is 12.7. The van der Waals surface area contributed by atoms with E-state index in [1.54, 1.807) is 19.1 Å². The van der Waals surface area contributed by atoms with Crippen molar-refractivity contribution in [2.75, 3.05) is 21.3 Å². The van der Waals surface area contributed by atoms with Crippen LogP contribution in [0.2, 0.25) is 0 Å². The van der Waals surface area contributed by atoms with Gasteiger partial charge in [-0.3, -0.25) is 4.79 Å². The van der Waals surface area contributed by atoms with E-state index in [4.69, 9.17) is 15.2 Å². The lowest BCUT2D eigenvalue weighted by Crippen LogP contribution is -2.38. The molecule has 1 aromatic carbocycles. The van der Waals surface area contributed by atoms with Gasteiger partial charge in [-0.05, 0) is 49.4 Å². The number of ether oxygens (including phenoxy) is 2. The Kier molecular flexibility index (Phi) is 5.88. The van der Waals surface area contributed by atoms with Crippen molar-refractivity contribution in [3.05, 3.63) is 23.3 Å². The van der Waals surface area contributed by atoms with Crippen LogP contribution in [0.1, 0.15) is 36.8 Å². The van der Waals surface area contributed by atoms with Crippen molar-refractivity contribution in [3.63, 3.8) is 0 Å². The Labute approximate surface area is 138 Å². The number of hydrogen-bond donors (Lipinski definition) is 1. The number of nitrogens with zero attached hydrogens (tertiary/aromatic N) is 1. The van der Waals surface area contributed by atoms with Crippen LogP contribution >= 0.6 is 0 Å². The van der Waals surface area contributed by atoms with Crippen LogP contribution in [0.4, 0.5) is 0 Å². The average Bonchev–Trinajstić information content (AvgIpc) is 2.55. The summed E-state index contributed by atoms with van der Waals surface area (Å²) in [6, 6.07) is 4.06. The van der Waals surface area contributed by atoms with Crippen molar-refractivity contribution < 1.29 is 14.3 Å². The summed E-state index contributed by atoms with van der Waals surface area (Å²) in [4.78, 5) is 14.5. The zero-order chi connectivity index (χ0) is 17.0. The van der Waals surface area contributed by atoms with Crippen LogP contribution in [0.15, 0.2) is 12.1 Å². The van der Waals surface area contributed by atoms with Crippen molar-refractivity contribution in [1.82, 2.24) is 4.90 Å². The molecule has 1 aromatic rings. The van der Waals surface area contributed by atoms with Crippen molar-refractivity contribution in [2.45, 2.75) is 45.2 Å². The second-order valence-electron chi connectivity index (χ2n) is 6.45. The van der Waals surface area contributed by atoms with Gasteiger partial charge in [0.15, 0.2) is 11.5 Å². The number of methoxy groups -OCH3 is 2. The number of hydrogen-bond acceptors (Lipinski definition) is 4. The maximum atomic E-state index is 12.7. The minimum Gasteiger partial charge on any atom is -0.493 e. The fourth-order valence-corrected chi connectivity index (χ4v) is 3.29. The molecule has 128 valence electrons. The SMILES string of the molecule is COc1cc(C)c(CN(C)C(=O)[C@H]2CCC[C@H](N)C2)cc1OC. The van der Waals surface area contributed by atoms with Crippen LogP contribution in [-0.4, -0.2) is 38.1 Å². The van der Waals surface area contributed by atoms with Gasteiger partial charge in [-0.25, -0.2) is 0 Å². The molecule has 1 aliphatic rings. The second-order valence-corrected chi connectivity index (χ2v) is 6.45. The molecule has 0 bridgehead atoms. The Morgan fingerprint density at radius 3 is 2.52 bits per heavy atom. The molecule has 0 heterocycles. The Hall–Kier alpha value is -1.75. The lowest BCUT2D eigenvalue weighted by atomic mass is 9.85. The zero-order valence-electron chi connectivity index (χ0n) is 14.6. The molecule has 0 saturated heterocycles. The topological polar surface area (TPSA) is 64.8 Å². The highest BCUT2D eigenvalue weighted by Crippen LogP contribution is 2.31. The quantitative estimate of drug-likeness (QED) is 0.905. The van der Waals surface area contributed by atoms with Crippen LogP contribution in [0.5, 0.6) is 11.5 Å². The minimum absolute atomic E-state index is 0.0594. The Morgan fingerprint density at radius 1 is 1.26 bits per heavy atom. The van der Waals surface area contributed by atoms with E-state index in [-0.39, 0.29) is 17.9 Å². The van der Waals surface area contributed by atoms with Crippen LogP contribution in [0.25, 0.3) is 0 Å². The number of benzene rings is 1. The number of carbonyl (C=O) groups is 1. The molecule has 5 nitrogen and oxygen atoms in total. The molecule has 2 N–H and O–H groups in total. The third-order valence-corrected chi connectivity index (χ3v) is 4.69. The van der Waals surface area contributed by atoms with Gasteiger partial charge in [-0.1, -0.05) is 6.42 Å². The molecule has 0 aliphatic heterocycles. The van der Waals surface area contributed by atoms with Crippen molar-refractivity contribution in [2.24, 2.45) is 11.7 Å². The molecule has 1 aliphatic carbocycles. The summed E-state index contributed by atoms with van der Waals surface area (Å²) < 4.78 is 10.7. The van der Waals surface area contributed by atoms with Gasteiger partial charge in [0.2, 0.25) is 5.91 Å². The van der Waals surface area contributed by atoms with Gasteiger partial charge in [0.25, 0.3) is 0 Å². The first-order chi connectivity index (χ1) is 11.0. The summed E-state index contributed by atoms with van der Waals surface area (Å²) in [6.45, 7) is 2.59. The molecule has 1 saturated carbocycles. The summed E-state index contributed by atoms with van der Waals surface area (Å²) in [6.07, 6.45) is 3.82. The summed E-state index contributed by atoms with van der Waals surface area (Å²) in [7, 11) is 5.10. The number of amides is 1. The molecule has 1 amide bonds. The van der Waals surface area contributed by atoms with Gasteiger partial charge in [-0.2, -0.15) is 0 Å². The lowest BCUT2D eigenvalue weighted by molar-refractivity contribution is -0.135. The van der Waals surface area contributed by atoms with Crippen LogP contribution in [-0.2, 0) is 11.3 Å². The molecule has 0 spiro atoms. The predicted molar refractivity (Wildman–Crippen MR) is 90.7 cm³/mol. The largest absolute Gasteiger partial charge is 0.493 e. The molecule has 0 unspecified atom stereocenters. The van der Waals surface area contributed by atoms with Crippen molar-refractivity contribution >= 4 is 5.91 Å². The van der Waals surface area contributed by atoms with E-state index < -0.39 is 0 Å². The average molecular weight is 320 g/mol. The van der Waals surface area contributed by atoms with E-state index in [9.17, 15) is 4.79 Å². The Balaban J connectivity index is 2.10. The maximum Gasteiger partial charge on any atom is 0.225 e. The third kappa shape index (κ3) is 4.16. The first kappa shape index (κ1) is 17.6. The van der Waals surface area contributed by atoms with Crippen LogP contribution in [0.3, 0.4) is 0 Å². The van der Waals surface area contributed by atoms with Gasteiger partial charge < -0.3 is 20.1 Å². The van der Waals surface area contributed by atoms with Gasteiger partial charge in [0.05, 0.1) is 14.2 Å². The normalized spacial score (nSPS) is 20.9. The van der Waals surface area contributed by atoms with E-state index in [0.29, 0.717) is 18.0 Å².